The molecule has 0 spiro atoms. The minimum atomic E-state index is -0.974. The number of carboxylic acid groups (broad SMARTS) is 1. The van der Waals surface area contributed by atoms with Crippen molar-refractivity contribution < 1.29 is 28.6 Å². The van der Waals surface area contributed by atoms with Gasteiger partial charge in [-0.25, -0.2) is 0 Å². The highest BCUT2D eigenvalue weighted by Gasteiger charge is 2.29. The maximum Gasteiger partial charge on any atom is 0.306 e. The van der Waals surface area contributed by atoms with Gasteiger partial charge in [-0.3, -0.25) is 14.4 Å². The number of hydrogen-bond donors (Lipinski definition) is 2. The average Bonchev–Trinajstić information content (AvgIpc) is 3.00. The Morgan fingerprint density at radius 1 is 1.50 bits per heavy atom. The molecule has 120 valence electrons. The third-order valence-electron chi connectivity index (χ3n) is 3.32. The smallest absolute Gasteiger partial charge is 0.306 e. The molecule has 2 N–H and O–H groups in total. The van der Waals surface area contributed by atoms with Gasteiger partial charge in [0.1, 0.15) is 6.04 Å². The molecule has 2 unspecified atom stereocenters. The highest BCUT2D eigenvalue weighted by Crippen LogP contribution is 2.10. The third kappa shape index (κ3) is 4.08. The van der Waals surface area contributed by atoms with E-state index in [4.69, 9.17) is 14.3 Å². The van der Waals surface area contributed by atoms with Gasteiger partial charge in [0.15, 0.2) is 5.76 Å². The molecular formula is C14H18N2O6. The lowest BCUT2D eigenvalue weighted by Crippen LogP contribution is -2.53. The number of amides is 2. The molecule has 1 aliphatic rings. The van der Waals surface area contributed by atoms with Gasteiger partial charge >= 0.3 is 5.97 Å². The van der Waals surface area contributed by atoms with E-state index < -0.39 is 24.0 Å². The van der Waals surface area contributed by atoms with Gasteiger partial charge in [-0.05, 0) is 19.1 Å². The molecule has 2 amide bonds. The standard InChI is InChI=1S/C14H18N2O6/c1-9(15-13(19)11-3-2-5-22-11)14(20)16-4-6-21-10(8-16)7-12(17)18/h2-3,5,9-10H,4,6-8H2,1H3,(H,15,19)(H,17,18). The molecule has 0 bridgehead atoms. The summed E-state index contributed by atoms with van der Waals surface area (Å²) in [5.41, 5.74) is 0. The zero-order valence-corrected chi connectivity index (χ0v) is 12.2. The van der Waals surface area contributed by atoms with E-state index in [9.17, 15) is 14.4 Å². The Morgan fingerprint density at radius 3 is 2.91 bits per heavy atom. The van der Waals surface area contributed by atoms with Crippen LogP contribution in [0.4, 0.5) is 0 Å². The summed E-state index contributed by atoms with van der Waals surface area (Å²) in [6.45, 7) is 2.43. The molecule has 1 fully saturated rings. The molecular weight excluding hydrogens is 292 g/mol. The highest BCUT2D eigenvalue weighted by atomic mass is 16.5. The van der Waals surface area contributed by atoms with Crippen molar-refractivity contribution in [2.75, 3.05) is 19.7 Å². The number of carbonyl (C=O) groups excluding carboxylic acids is 2. The molecule has 0 saturated carbocycles. The lowest BCUT2D eigenvalue weighted by molar-refractivity contribution is -0.148. The molecule has 0 radical (unpaired) electrons. The average molecular weight is 310 g/mol. The summed E-state index contributed by atoms with van der Waals surface area (Å²) < 4.78 is 10.3. The van der Waals surface area contributed by atoms with Crippen LogP contribution in [0.1, 0.15) is 23.9 Å². The second-order valence-electron chi connectivity index (χ2n) is 5.05. The first kappa shape index (κ1) is 16.0. The zero-order chi connectivity index (χ0) is 16.1. The van der Waals surface area contributed by atoms with E-state index in [2.05, 4.69) is 5.32 Å². The predicted octanol–water partition coefficient (Wildman–Crippen LogP) is 0.100. The number of rotatable bonds is 5. The summed E-state index contributed by atoms with van der Waals surface area (Å²) in [5.74, 6) is -1.59. The van der Waals surface area contributed by atoms with Gasteiger partial charge in [0.25, 0.3) is 5.91 Å². The fourth-order valence-electron chi connectivity index (χ4n) is 2.25. The SMILES string of the molecule is CC(NC(=O)c1ccco1)C(=O)N1CCOC(CC(=O)O)C1. The first-order chi connectivity index (χ1) is 10.5. The van der Waals surface area contributed by atoms with Crippen molar-refractivity contribution in [1.29, 1.82) is 0 Å². The fourth-order valence-corrected chi connectivity index (χ4v) is 2.25. The number of morpholine rings is 1. The van der Waals surface area contributed by atoms with Crippen LogP contribution in [-0.2, 0) is 14.3 Å². The van der Waals surface area contributed by atoms with Gasteiger partial charge in [-0.15, -0.1) is 0 Å². The van der Waals surface area contributed by atoms with Crippen molar-refractivity contribution in [3.63, 3.8) is 0 Å². The molecule has 0 aromatic carbocycles. The number of aliphatic carboxylic acids is 1. The number of nitrogens with zero attached hydrogens (tertiary/aromatic N) is 1. The van der Waals surface area contributed by atoms with Crippen molar-refractivity contribution in [2.45, 2.75) is 25.5 Å². The summed E-state index contributed by atoms with van der Waals surface area (Å²) >= 11 is 0. The fraction of sp³-hybridized carbons (Fsp3) is 0.500. The zero-order valence-electron chi connectivity index (χ0n) is 12.2. The van der Waals surface area contributed by atoms with Gasteiger partial charge in [0.2, 0.25) is 5.91 Å². The monoisotopic (exact) mass is 310 g/mol. The number of ether oxygens (including phenoxy) is 1. The molecule has 0 aliphatic carbocycles. The van der Waals surface area contributed by atoms with Crippen LogP contribution >= 0.6 is 0 Å². The van der Waals surface area contributed by atoms with Crippen LogP contribution in [0.15, 0.2) is 22.8 Å². The van der Waals surface area contributed by atoms with Gasteiger partial charge in [-0.2, -0.15) is 0 Å². The van der Waals surface area contributed by atoms with Crippen LogP contribution in [0.2, 0.25) is 0 Å². The number of nitrogens with one attached hydrogen (secondary N) is 1. The van der Waals surface area contributed by atoms with Gasteiger partial charge in [-0.1, -0.05) is 0 Å². The van der Waals surface area contributed by atoms with Crippen molar-refractivity contribution in [2.24, 2.45) is 0 Å². The van der Waals surface area contributed by atoms with Crippen LogP contribution < -0.4 is 5.32 Å². The molecule has 1 aliphatic heterocycles. The molecule has 8 nitrogen and oxygen atoms in total. The third-order valence-corrected chi connectivity index (χ3v) is 3.32. The van der Waals surface area contributed by atoms with E-state index in [0.29, 0.717) is 6.54 Å². The van der Waals surface area contributed by atoms with Gasteiger partial charge < -0.3 is 24.5 Å². The van der Waals surface area contributed by atoms with E-state index >= 15 is 0 Å². The van der Waals surface area contributed by atoms with Crippen molar-refractivity contribution >= 4 is 17.8 Å². The maximum atomic E-state index is 12.3. The largest absolute Gasteiger partial charge is 0.481 e. The van der Waals surface area contributed by atoms with Crippen molar-refractivity contribution in [1.82, 2.24) is 10.2 Å². The van der Waals surface area contributed by atoms with Crippen LogP contribution in [0.25, 0.3) is 0 Å². The van der Waals surface area contributed by atoms with Crippen LogP contribution in [-0.4, -0.2) is 59.6 Å². The number of furan rings is 1. The maximum absolute atomic E-state index is 12.3. The Balaban J connectivity index is 1.89. The van der Waals surface area contributed by atoms with E-state index in [1.54, 1.807) is 13.0 Å². The van der Waals surface area contributed by atoms with Crippen LogP contribution in [0, 0.1) is 0 Å². The van der Waals surface area contributed by atoms with Crippen molar-refractivity contribution in [3.8, 4) is 0 Å². The van der Waals surface area contributed by atoms with E-state index in [-0.39, 0.29) is 31.2 Å². The summed E-state index contributed by atoms with van der Waals surface area (Å²) in [6, 6.07) is 2.35. The number of carbonyl (C=O) groups is 3. The van der Waals surface area contributed by atoms with E-state index in [1.807, 2.05) is 0 Å². The Bertz CT molecular complexity index is 542. The molecule has 2 rings (SSSR count). The molecule has 2 atom stereocenters. The lowest BCUT2D eigenvalue weighted by Gasteiger charge is -2.33. The van der Waals surface area contributed by atoms with E-state index in [1.165, 1.54) is 17.2 Å². The Hall–Kier alpha value is -2.35. The molecule has 8 heteroatoms. The molecule has 1 aromatic heterocycles. The Morgan fingerprint density at radius 2 is 2.27 bits per heavy atom. The summed E-state index contributed by atoms with van der Waals surface area (Å²) in [6.07, 6.45) is 0.694. The van der Waals surface area contributed by atoms with Crippen molar-refractivity contribution in [3.05, 3.63) is 24.2 Å². The predicted molar refractivity (Wildman–Crippen MR) is 74.2 cm³/mol. The molecule has 1 aromatic rings. The van der Waals surface area contributed by atoms with E-state index in [0.717, 1.165) is 0 Å². The van der Waals surface area contributed by atoms with Crippen LogP contribution in [0.3, 0.4) is 0 Å². The Labute approximate surface area is 127 Å². The number of hydrogen-bond acceptors (Lipinski definition) is 5. The second kappa shape index (κ2) is 7.08. The summed E-state index contributed by atoms with van der Waals surface area (Å²) in [5, 5.41) is 11.3. The van der Waals surface area contributed by atoms with Gasteiger partial charge in [0.05, 0.1) is 25.4 Å². The first-order valence-electron chi connectivity index (χ1n) is 6.94. The van der Waals surface area contributed by atoms with Crippen LogP contribution in [0.5, 0.6) is 0 Å². The normalized spacial score (nSPS) is 19.5. The lowest BCUT2D eigenvalue weighted by atomic mass is 10.2. The Kier molecular flexibility index (Phi) is 5.16. The molecule has 22 heavy (non-hydrogen) atoms. The molecule has 2 heterocycles. The molecule has 1 saturated heterocycles. The quantitative estimate of drug-likeness (QED) is 0.798. The summed E-state index contributed by atoms with van der Waals surface area (Å²) in [4.78, 5) is 36.4. The second-order valence-corrected chi connectivity index (χ2v) is 5.05. The van der Waals surface area contributed by atoms with Gasteiger partial charge in [0, 0.05) is 13.1 Å². The first-order valence-corrected chi connectivity index (χ1v) is 6.94. The topological polar surface area (TPSA) is 109 Å². The highest BCUT2D eigenvalue weighted by molar-refractivity contribution is 5.95. The minimum Gasteiger partial charge on any atom is -0.481 e. The number of carboxylic acids is 1. The summed E-state index contributed by atoms with van der Waals surface area (Å²) in [7, 11) is 0. The minimum absolute atomic E-state index is 0.130.